The van der Waals surface area contributed by atoms with Crippen molar-refractivity contribution in [2.24, 2.45) is 0 Å². The molecule has 0 aliphatic heterocycles. The van der Waals surface area contributed by atoms with Gasteiger partial charge in [0.05, 0.1) is 38.9 Å². The Morgan fingerprint density at radius 1 is 0.417 bits per heavy atom. The predicted octanol–water partition coefficient (Wildman–Crippen LogP) is 13.2. The van der Waals surface area contributed by atoms with Crippen LogP contribution in [-0.2, 0) is 0 Å². The summed E-state index contributed by atoms with van der Waals surface area (Å²) in [6.07, 6.45) is 7.59. The van der Waals surface area contributed by atoms with Crippen molar-refractivity contribution in [1.82, 2.24) is 0 Å². The SMILES string of the molecule is COc1ccc(N(c2ccc(/C=C/c3cc([N+](=O)[O-])c(/C=C/c4ccc(N(c5ccc(OC)cc5)c5ccc(OC)cc5)cc4)cc3C)cc2)c2ccc(OC)cc2)cc1. The number of benzene rings is 7. The Kier molecular flexibility index (Phi) is 12.6. The summed E-state index contributed by atoms with van der Waals surface area (Å²) in [6, 6.07) is 51.3. The molecule has 0 radical (unpaired) electrons. The van der Waals surface area contributed by atoms with Gasteiger partial charge in [0.15, 0.2) is 0 Å². The molecule has 0 aliphatic carbocycles. The van der Waals surface area contributed by atoms with Gasteiger partial charge in [0.25, 0.3) is 5.69 Å². The maximum absolute atomic E-state index is 12.4. The Morgan fingerprint density at radius 2 is 0.700 bits per heavy atom. The Bertz CT molecular complexity index is 2490. The van der Waals surface area contributed by atoms with Gasteiger partial charge in [-0.05, 0) is 163 Å². The average molecular weight is 796 g/mol. The number of hydrogen-bond acceptors (Lipinski definition) is 8. The minimum atomic E-state index is -0.331. The summed E-state index contributed by atoms with van der Waals surface area (Å²) in [7, 11) is 6.60. The van der Waals surface area contributed by atoms with E-state index in [-0.39, 0.29) is 10.6 Å². The molecule has 0 bridgehead atoms. The largest absolute Gasteiger partial charge is 0.497 e. The summed E-state index contributed by atoms with van der Waals surface area (Å²) in [5, 5.41) is 12.4. The Hall–Kier alpha value is -7.78. The number of nitrogens with zero attached hydrogens (tertiary/aromatic N) is 3. The number of nitro benzene ring substituents is 1. The summed E-state index contributed by atoms with van der Waals surface area (Å²) >= 11 is 0. The van der Waals surface area contributed by atoms with Crippen LogP contribution in [-0.4, -0.2) is 33.4 Å². The van der Waals surface area contributed by atoms with Crippen LogP contribution in [0.25, 0.3) is 24.3 Å². The van der Waals surface area contributed by atoms with Gasteiger partial charge >= 0.3 is 0 Å². The van der Waals surface area contributed by atoms with E-state index in [1.807, 2.05) is 165 Å². The van der Waals surface area contributed by atoms with E-state index in [0.29, 0.717) is 5.56 Å². The summed E-state index contributed by atoms with van der Waals surface area (Å²) in [4.78, 5) is 16.3. The van der Waals surface area contributed by atoms with E-state index < -0.39 is 0 Å². The highest BCUT2D eigenvalue weighted by molar-refractivity contribution is 5.82. The molecule has 60 heavy (non-hydrogen) atoms. The molecule has 0 unspecified atom stereocenters. The second-order valence-corrected chi connectivity index (χ2v) is 13.8. The van der Waals surface area contributed by atoms with Crippen LogP contribution in [0.15, 0.2) is 158 Å². The number of aryl methyl sites for hydroxylation is 1. The van der Waals surface area contributed by atoms with Crippen LogP contribution in [0.5, 0.6) is 23.0 Å². The van der Waals surface area contributed by atoms with Gasteiger partial charge in [-0.25, -0.2) is 0 Å². The fourth-order valence-corrected chi connectivity index (χ4v) is 6.87. The van der Waals surface area contributed by atoms with Gasteiger partial charge in [-0.1, -0.05) is 42.5 Å². The fourth-order valence-electron chi connectivity index (χ4n) is 6.87. The molecular formula is C51H45N3O6. The molecule has 7 aromatic carbocycles. The van der Waals surface area contributed by atoms with Gasteiger partial charge in [-0.15, -0.1) is 0 Å². The summed E-state index contributed by atoms with van der Waals surface area (Å²) in [6.45, 7) is 1.97. The molecule has 0 heterocycles. The maximum atomic E-state index is 12.4. The zero-order valence-corrected chi connectivity index (χ0v) is 34.1. The third-order valence-corrected chi connectivity index (χ3v) is 10.1. The van der Waals surface area contributed by atoms with E-state index in [2.05, 4.69) is 21.9 Å². The van der Waals surface area contributed by atoms with Crippen molar-refractivity contribution in [3.05, 3.63) is 196 Å². The molecule has 7 rings (SSSR count). The minimum Gasteiger partial charge on any atom is -0.497 e. The highest BCUT2D eigenvalue weighted by atomic mass is 16.6. The molecule has 0 fully saturated rings. The van der Waals surface area contributed by atoms with E-state index in [0.717, 1.165) is 79.4 Å². The molecule has 0 aliphatic rings. The summed E-state index contributed by atoms with van der Waals surface area (Å²) in [5.74, 6) is 3.09. The van der Waals surface area contributed by atoms with Crippen molar-refractivity contribution in [3.8, 4) is 23.0 Å². The van der Waals surface area contributed by atoms with Crippen molar-refractivity contribution in [1.29, 1.82) is 0 Å². The highest BCUT2D eigenvalue weighted by Crippen LogP contribution is 2.38. The molecule has 0 spiro atoms. The molecule has 0 aromatic heterocycles. The van der Waals surface area contributed by atoms with Gasteiger partial charge in [-0.3, -0.25) is 10.1 Å². The smallest absolute Gasteiger partial charge is 0.277 e. The van der Waals surface area contributed by atoms with E-state index in [9.17, 15) is 10.1 Å². The fraction of sp³-hybridized carbons (Fsp3) is 0.0980. The minimum absolute atomic E-state index is 0.0308. The predicted molar refractivity (Wildman–Crippen MR) is 244 cm³/mol. The zero-order valence-electron chi connectivity index (χ0n) is 34.1. The van der Waals surface area contributed by atoms with Gasteiger partial charge in [-0.2, -0.15) is 0 Å². The molecule has 0 N–H and O–H groups in total. The zero-order chi connectivity index (χ0) is 42.0. The van der Waals surface area contributed by atoms with Crippen molar-refractivity contribution in [2.45, 2.75) is 6.92 Å². The Labute approximate surface area is 350 Å². The second kappa shape index (κ2) is 18.7. The molecular weight excluding hydrogens is 751 g/mol. The molecule has 9 heteroatoms. The molecule has 7 aromatic rings. The third kappa shape index (κ3) is 9.33. The van der Waals surface area contributed by atoms with E-state index in [4.69, 9.17) is 18.9 Å². The maximum Gasteiger partial charge on any atom is 0.277 e. The first kappa shape index (κ1) is 40.4. The molecule has 0 atom stereocenters. The van der Waals surface area contributed by atoms with Crippen molar-refractivity contribution in [2.75, 3.05) is 38.2 Å². The topological polar surface area (TPSA) is 86.5 Å². The molecule has 0 saturated carbocycles. The number of anilines is 6. The molecule has 0 amide bonds. The molecule has 0 saturated heterocycles. The Morgan fingerprint density at radius 3 is 0.983 bits per heavy atom. The first-order valence-corrected chi connectivity index (χ1v) is 19.3. The van der Waals surface area contributed by atoms with Gasteiger partial charge < -0.3 is 28.7 Å². The lowest BCUT2D eigenvalue weighted by Crippen LogP contribution is -2.09. The third-order valence-electron chi connectivity index (χ3n) is 10.1. The van der Waals surface area contributed by atoms with Crippen LogP contribution in [0.4, 0.5) is 39.8 Å². The number of methoxy groups -OCH3 is 4. The Balaban J connectivity index is 1.10. The van der Waals surface area contributed by atoms with Crippen LogP contribution in [0.3, 0.4) is 0 Å². The van der Waals surface area contributed by atoms with Crippen molar-refractivity contribution < 1.29 is 23.9 Å². The van der Waals surface area contributed by atoms with Crippen LogP contribution in [0, 0.1) is 17.0 Å². The number of nitro groups is 1. The highest BCUT2D eigenvalue weighted by Gasteiger charge is 2.17. The number of ether oxygens (including phenoxy) is 4. The van der Waals surface area contributed by atoms with Gasteiger partial charge in [0.1, 0.15) is 23.0 Å². The van der Waals surface area contributed by atoms with Crippen molar-refractivity contribution in [3.63, 3.8) is 0 Å². The normalized spacial score (nSPS) is 11.1. The van der Waals surface area contributed by atoms with Crippen LogP contribution < -0.4 is 28.7 Å². The summed E-state index contributed by atoms with van der Waals surface area (Å²) < 4.78 is 21.6. The first-order chi connectivity index (χ1) is 29.3. The molecule has 9 nitrogen and oxygen atoms in total. The van der Waals surface area contributed by atoms with Gasteiger partial charge in [0.2, 0.25) is 0 Å². The van der Waals surface area contributed by atoms with E-state index in [1.54, 1.807) is 40.6 Å². The lowest BCUT2D eigenvalue weighted by atomic mass is 10.0. The second-order valence-electron chi connectivity index (χ2n) is 13.8. The lowest BCUT2D eigenvalue weighted by Gasteiger charge is -2.26. The quantitative estimate of drug-likeness (QED) is 0.0576. The lowest BCUT2D eigenvalue weighted by molar-refractivity contribution is -0.385. The number of hydrogen-bond donors (Lipinski definition) is 0. The first-order valence-electron chi connectivity index (χ1n) is 19.3. The van der Waals surface area contributed by atoms with Crippen LogP contribution in [0.2, 0.25) is 0 Å². The van der Waals surface area contributed by atoms with E-state index >= 15 is 0 Å². The van der Waals surface area contributed by atoms with Gasteiger partial charge in [0, 0.05) is 40.2 Å². The standard InChI is InChI=1S/C51H45N3O6/c1-36-34-40(13-7-38-10-16-42(17-11-38)53(45-22-30-49(59-4)31-23-45)46-24-32-50(60-5)33-25-46)51(54(55)56)35-39(36)12-6-37-8-14-41(15-9-37)52(43-18-26-47(57-2)27-19-43)44-20-28-48(58-3)29-21-44/h6-35H,1-5H3/b12-6+,13-7+. The van der Waals surface area contributed by atoms with Crippen molar-refractivity contribution >= 4 is 64.1 Å². The van der Waals surface area contributed by atoms with Crippen LogP contribution in [0.1, 0.15) is 27.8 Å². The summed E-state index contributed by atoms with van der Waals surface area (Å²) in [5.41, 5.74) is 9.88. The van der Waals surface area contributed by atoms with E-state index in [1.165, 1.54) is 0 Å². The molecule has 300 valence electrons. The average Bonchev–Trinajstić information content (AvgIpc) is 3.29. The monoisotopic (exact) mass is 795 g/mol. The number of rotatable bonds is 15. The van der Waals surface area contributed by atoms with Crippen LogP contribution >= 0.6 is 0 Å².